The Hall–Kier alpha value is -1.84. The monoisotopic (exact) mass is 208 g/mol. The van der Waals surface area contributed by atoms with Crippen LogP contribution >= 0.6 is 0 Å². The van der Waals surface area contributed by atoms with Gasteiger partial charge in [-0.1, -0.05) is 0 Å². The van der Waals surface area contributed by atoms with Crippen molar-refractivity contribution in [2.45, 2.75) is 13.8 Å². The summed E-state index contributed by atoms with van der Waals surface area (Å²) in [7, 11) is 1.40. The third-order valence-electron chi connectivity index (χ3n) is 2.09. The summed E-state index contributed by atoms with van der Waals surface area (Å²) < 4.78 is 4.93. The van der Waals surface area contributed by atoms with Gasteiger partial charge in [-0.15, -0.1) is 0 Å². The quantitative estimate of drug-likeness (QED) is 0.769. The number of hydrogen-bond acceptors (Lipinski definition) is 4. The zero-order chi connectivity index (χ0) is 11.6. The lowest BCUT2D eigenvalue weighted by Gasteiger charge is -2.10. The van der Waals surface area contributed by atoms with Crippen molar-refractivity contribution in [1.82, 2.24) is 0 Å². The predicted octanol–water partition coefficient (Wildman–Crippen LogP) is 1.81. The molecule has 0 radical (unpaired) electrons. The average Bonchev–Trinajstić information content (AvgIpc) is 2.15. The first-order valence-electron chi connectivity index (χ1n) is 4.40. The number of phenols is 1. The van der Waals surface area contributed by atoms with Gasteiger partial charge in [0.2, 0.25) is 0 Å². The normalized spacial score (nSPS) is 9.80. The van der Waals surface area contributed by atoms with E-state index in [-0.39, 0.29) is 34.2 Å². The number of ether oxygens (including phenoxy) is 1. The summed E-state index contributed by atoms with van der Waals surface area (Å²) in [5.41, 5.74) is 0.172. The van der Waals surface area contributed by atoms with Crippen LogP contribution in [0, 0.1) is 0 Å². The maximum atomic E-state index is 11.3. The SMILES string of the molecule is COc1ccc(C(C)=O)c(O)c1C(C)=O. The summed E-state index contributed by atoms with van der Waals surface area (Å²) >= 11 is 0. The van der Waals surface area contributed by atoms with E-state index in [4.69, 9.17) is 4.74 Å². The van der Waals surface area contributed by atoms with E-state index in [0.29, 0.717) is 0 Å². The predicted molar refractivity (Wildman–Crippen MR) is 54.7 cm³/mol. The lowest BCUT2D eigenvalue weighted by atomic mass is 10.0. The second-order valence-electron chi connectivity index (χ2n) is 3.15. The third kappa shape index (κ3) is 1.98. The van der Waals surface area contributed by atoms with Crippen molar-refractivity contribution in [3.05, 3.63) is 23.3 Å². The Balaban J connectivity index is 3.49. The molecule has 0 unspecified atom stereocenters. The van der Waals surface area contributed by atoms with Gasteiger partial charge in [0.25, 0.3) is 0 Å². The summed E-state index contributed by atoms with van der Waals surface area (Å²) in [6, 6.07) is 2.93. The number of rotatable bonds is 3. The zero-order valence-corrected chi connectivity index (χ0v) is 8.83. The summed E-state index contributed by atoms with van der Waals surface area (Å²) in [5, 5.41) is 9.72. The standard InChI is InChI=1S/C11H12O4/c1-6(12)8-4-5-9(15-3)10(7(2)13)11(8)14/h4-5,14H,1-3H3. The van der Waals surface area contributed by atoms with Crippen molar-refractivity contribution in [1.29, 1.82) is 0 Å². The summed E-state index contributed by atoms with van der Waals surface area (Å²) in [6.07, 6.45) is 0. The van der Waals surface area contributed by atoms with Gasteiger partial charge in [0.15, 0.2) is 11.6 Å². The Kier molecular flexibility index (Phi) is 3.09. The van der Waals surface area contributed by atoms with Gasteiger partial charge >= 0.3 is 0 Å². The number of phenolic OH excluding ortho intramolecular Hbond substituents is 1. The largest absolute Gasteiger partial charge is 0.506 e. The highest BCUT2D eigenvalue weighted by molar-refractivity contribution is 6.05. The fraction of sp³-hybridized carbons (Fsp3) is 0.273. The minimum Gasteiger partial charge on any atom is -0.506 e. The zero-order valence-electron chi connectivity index (χ0n) is 8.83. The van der Waals surface area contributed by atoms with Gasteiger partial charge < -0.3 is 9.84 Å². The number of benzene rings is 1. The third-order valence-corrected chi connectivity index (χ3v) is 2.09. The molecule has 0 spiro atoms. The molecule has 0 saturated heterocycles. The number of carbonyl (C=O) groups is 2. The number of Topliss-reactive ketones (excluding diaryl/α,β-unsaturated/α-hetero) is 2. The number of aromatic hydroxyl groups is 1. The highest BCUT2D eigenvalue weighted by Crippen LogP contribution is 2.31. The second kappa shape index (κ2) is 4.13. The first-order valence-corrected chi connectivity index (χ1v) is 4.40. The first-order chi connectivity index (χ1) is 6.99. The smallest absolute Gasteiger partial charge is 0.167 e. The molecule has 80 valence electrons. The fourth-order valence-corrected chi connectivity index (χ4v) is 1.37. The van der Waals surface area contributed by atoms with Crippen LogP contribution in [0.3, 0.4) is 0 Å². The lowest BCUT2D eigenvalue weighted by Crippen LogP contribution is -2.02. The Labute approximate surface area is 87.5 Å². The molecule has 4 heteroatoms. The van der Waals surface area contributed by atoms with Gasteiger partial charge in [0, 0.05) is 0 Å². The highest BCUT2D eigenvalue weighted by Gasteiger charge is 2.18. The molecule has 15 heavy (non-hydrogen) atoms. The Morgan fingerprint density at radius 3 is 2.20 bits per heavy atom. The Morgan fingerprint density at radius 2 is 1.80 bits per heavy atom. The summed E-state index contributed by atoms with van der Waals surface area (Å²) in [4.78, 5) is 22.4. The van der Waals surface area contributed by atoms with Gasteiger partial charge in [-0.25, -0.2) is 0 Å². The van der Waals surface area contributed by atoms with Crippen LogP contribution in [0.1, 0.15) is 34.6 Å². The maximum Gasteiger partial charge on any atom is 0.167 e. The number of ketones is 2. The molecule has 0 bridgehead atoms. The van der Waals surface area contributed by atoms with Gasteiger partial charge in [-0.3, -0.25) is 9.59 Å². The molecule has 0 aliphatic heterocycles. The van der Waals surface area contributed by atoms with E-state index in [2.05, 4.69) is 0 Å². The van der Waals surface area contributed by atoms with Gasteiger partial charge in [0.1, 0.15) is 17.1 Å². The Morgan fingerprint density at radius 1 is 1.20 bits per heavy atom. The van der Waals surface area contributed by atoms with Gasteiger partial charge in [-0.05, 0) is 26.0 Å². The van der Waals surface area contributed by atoms with Crippen molar-refractivity contribution >= 4 is 11.6 Å². The number of carbonyl (C=O) groups excluding carboxylic acids is 2. The van der Waals surface area contributed by atoms with Crippen LogP contribution < -0.4 is 4.74 Å². The van der Waals surface area contributed by atoms with E-state index in [0.717, 1.165) is 0 Å². The number of methoxy groups -OCH3 is 1. The molecule has 1 rings (SSSR count). The van der Waals surface area contributed by atoms with Crippen molar-refractivity contribution in [2.24, 2.45) is 0 Å². The van der Waals surface area contributed by atoms with E-state index in [1.165, 1.54) is 33.1 Å². The Bertz CT molecular complexity index is 421. The highest BCUT2D eigenvalue weighted by atomic mass is 16.5. The molecule has 1 N–H and O–H groups in total. The summed E-state index contributed by atoms with van der Waals surface area (Å²) in [6.45, 7) is 2.63. The van der Waals surface area contributed by atoms with Crippen LogP contribution in [-0.2, 0) is 0 Å². The van der Waals surface area contributed by atoms with Crippen LogP contribution in [-0.4, -0.2) is 23.8 Å². The van der Waals surface area contributed by atoms with Crippen molar-refractivity contribution in [2.75, 3.05) is 7.11 Å². The molecule has 1 aromatic rings. The number of hydrogen-bond donors (Lipinski definition) is 1. The molecule has 0 fully saturated rings. The molecule has 4 nitrogen and oxygen atoms in total. The summed E-state index contributed by atoms with van der Waals surface area (Å²) in [5.74, 6) is -0.676. The van der Waals surface area contributed by atoms with E-state index in [9.17, 15) is 14.7 Å². The average molecular weight is 208 g/mol. The van der Waals surface area contributed by atoms with Crippen molar-refractivity contribution in [3.8, 4) is 11.5 Å². The molecular weight excluding hydrogens is 196 g/mol. The van der Waals surface area contributed by atoms with E-state index in [1.54, 1.807) is 0 Å². The molecule has 0 amide bonds. The minimum absolute atomic E-state index is 0.0465. The molecule has 0 atom stereocenters. The van der Waals surface area contributed by atoms with E-state index >= 15 is 0 Å². The van der Waals surface area contributed by atoms with Crippen LogP contribution in [0.4, 0.5) is 0 Å². The van der Waals surface area contributed by atoms with Crippen molar-refractivity contribution < 1.29 is 19.4 Å². The molecular formula is C11H12O4. The van der Waals surface area contributed by atoms with Crippen LogP contribution in [0.2, 0.25) is 0 Å². The molecule has 0 heterocycles. The van der Waals surface area contributed by atoms with Crippen molar-refractivity contribution in [3.63, 3.8) is 0 Å². The van der Waals surface area contributed by atoms with Gasteiger partial charge in [-0.2, -0.15) is 0 Å². The molecule has 0 saturated carbocycles. The van der Waals surface area contributed by atoms with Gasteiger partial charge in [0.05, 0.1) is 12.7 Å². The maximum absolute atomic E-state index is 11.3. The lowest BCUT2D eigenvalue weighted by molar-refractivity contribution is 0.101. The van der Waals surface area contributed by atoms with Crippen LogP contribution in [0.5, 0.6) is 11.5 Å². The first kappa shape index (κ1) is 11.2. The fourth-order valence-electron chi connectivity index (χ4n) is 1.37. The molecule has 1 aromatic carbocycles. The molecule has 0 aliphatic rings. The molecule has 0 aromatic heterocycles. The molecule has 0 aliphatic carbocycles. The second-order valence-corrected chi connectivity index (χ2v) is 3.15. The van der Waals surface area contributed by atoms with E-state index < -0.39 is 0 Å². The topological polar surface area (TPSA) is 63.6 Å². The van der Waals surface area contributed by atoms with Crippen LogP contribution in [0.15, 0.2) is 12.1 Å². The van der Waals surface area contributed by atoms with Crippen LogP contribution in [0.25, 0.3) is 0 Å². The minimum atomic E-state index is -0.340. The van der Waals surface area contributed by atoms with E-state index in [1.807, 2.05) is 0 Å².